The molecule has 0 bridgehead atoms. The highest BCUT2D eigenvalue weighted by molar-refractivity contribution is 6.45. The Hall–Kier alpha value is -0.765. The summed E-state index contributed by atoms with van der Waals surface area (Å²) in [6.07, 6.45) is 0. The molecule has 2 radical (unpaired) electrons. The van der Waals surface area contributed by atoms with Gasteiger partial charge in [0, 0.05) is 5.02 Å². The molecule has 1 aromatic rings. The van der Waals surface area contributed by atoms with Gasteiger partial charge in [-0.15, -0.1) is 0 Å². The lowest BCUT2D eigenvalue weighted by molar-refractivity contribution is -0.0497. The number of ether oxygens (including phenoxy) is 1. The zero-order valence-corrected chi connectivity index (χ0v) is 6.68. The summed E-state index contributed by atoms with van der Waals surface area (Å²) in [5.74, 6) is 0.00639. The second kappa shape index (κ2) is 3.76. The average Bonchev–Trinajstić information content (AvgIpc) is 1.96. The van der Waals surface area contributed by atoms with E-state index in [0.717, 1.165) is 0 Å². The molecule has 5 heteroatoms. The third kappa shape index (κ3) is 2.38. The third-order valence-corrected chi connectivity index (χ3v) is 1.54. The number of hydrogen-bond acceptors (Lipinski definition) is 1. The van der Waals surface area contributed by atoms with Crippen LogP contribution in [0.3, 0.4) is 0 Å². The van der Waals surface area contributed by atoms with Crippen molar-refractivity contribution >= 4 is 24.9 Å². The predicted molar refractivity (Wildman–Crippen MR) is 43.5 cm³/mol. The van der Waals surface area contributed by atoms with Crippen LogP contribution >= 0.6 is 11.6 Å². The molecule has 0 aliphatic heterocycles. The molecule has 0 N–H and O–H groups in total. The van der Waals surface area contributed by atoms with Crippen LogP contribution in [0.15, 0.2) is 18.2 Å². The molecule has 0 spiro atoms. The SMILES string of the molecule is [B]c1cc(OC(F)F)ccc1Cl. The van der Waals surface area contributed by atoms with Crippen LogP contribution in [-0.2, 0) is 0 Å². The van der Waals surface area contributed by atoms with Crippen LogP contribution in [0.1, 0.15) is 0 Å². The van der Waals surface area contributed by atoms with Crippen LogP contribution in [0, 0.1) is 0 Å². The van der Waals surface area contributed by atoms with Gasteiger partial charge in [0.1, 0.15) is 13.6 Å². The Morgan fingerprint density at radius 3 is 2.58 bits per heavy atom. The zero-order chi connectivity index (χ0) is 9.14. The van der Waals surface area contributed by atoms with Crippen LogP contribution in [-0.4, -0.2) is 14.5 Å². The van der Waals surface area contributed by atoms with Crippen LogP contribution in [0.2, 0.25) is 5.02 Å². The Bertz CT molecular complexity index is 280. The van der Waals surface area contributed by atoms with E-state index < -0.39 is 6.61 Å². The van der Waals surface area contributed by atoms with Crippen LogP contribution in [0.25, 0.3) is 0 Å². The van der Waals surface area contributed by atoms with Gasteiger partial charge in [0.25, 0.3) is 0 Å². The predicted octanol–water partition coefficient (Wildman–Crippen LogP) is 1.74. The minimum Gasteiger partial charge on any atom is -0.435 e. The maximum atomic E-state index is 11.7. The average molecular weight is 188 g/mol. The van der Waals surface area contributed by atoms with Crippen molar-refractivity contribution in [2.45, 2.75) is 6.61 Å². The normalized spacial score (nSPS) is 10.3. The Kier molecular flexibility index (Phi) is 2.92. The fourth-order valence-electron chi connectivity index (χ4n) is 0.698. The second-order valence-electron chi connectivity index (χ2n) is 2.06. The standard InChI is InChI=1S/C7H4BClF2O/c8-5-3-4(12-7(10)11)1-2-6(5)9/h1-3,7H. The lowest BCUT2D eigenvalue weighted by atomic mass is 9.96. The van der Waals surface area contributed by atoms with Crippen molar-refractivity contribution in [3.63, 3.8) is 0 Å². The maximum Gasteiger partial charge on any atom is 0.387 e. The minimum atomic E-state index is -2.84. The van der Waals surface area contributed by atoms with Gasteiger partial charge in [-0.25, -0.2) is 0 Å². The molecular weight excluding hydrogens is 184 g/mol. The van der Waals surface area contributed by atoms with E-state index in [0.29, 0.717) is 5.02 Å². The van der Waals surface area contributed by atoms with Gasteiger partial charge in [0.2, 0.25) is 0 Å². The smallest absolute Gasteiger partial charge is 0.387 e. The van der Waals surface area contributed by atoms with Gasteiger partial charge in [-0.05, 0) is 18.2 Å². The van der Waals surface area contributed by atoms with Crippen molar-refractivity contribution in [1.29, 1.82) is 0 Å². The van der Waals surface area contributed by atoms with Crippen molar-refractivity contribution in [2.24, 2.45) is 0 Å². The monoisotopic (exact) mass is 188 g/mol. The molecule has 1 nitrogen and oxygen atoms in total. The first-order valence-electron chi connectivity index (χ1n) is 3.09. The molecular formula is C7H4BClF2O. The Balaban J connectivity index is 2.82. The van der Waals surface area contributed by atoms with Crippen LogP contribution in [0.4, 0.5) is 8.78 Å². The number of benzene rings is 1. The fraction of sp³-hybridized carbons (Fsp3) is 0.143. The molecule has 0 aliphatic carbocycles. The second-order valence-corrected chi connectivity index (χ2v) is 2.47. The van der Waals surface area contributed by atoms with Crippen molar-refractivity contribution in [2.75, 3.05) is 0 Å². The van der Waals surface area contributed by atoms with Gasteiger partial charge in [0.05, 0.1) is 0 Å². The number of halogens is 3. The van der Waals surface area contributed by atoms with Crippen LogP contribution < -0.4 is 10.2 Å². The molecule has 12 heavy (non-hydrogen) atoms. The molecule has 0 aromatic heterocycles. The van der Waals surface area contributed by atoms with E-state index >= 15 is 0 Å². The molecule has 0 aliphatic rings. The van der Waals surface area contributed by atoms with E-state index in [2.05, 4.69) is 4.74 Å². The van der Waals surface area contributed by atoms with E-state index in [1.54, 1.807) is 0 Å². The molecule has 0 unspecified atom stereocenters. The molecule has 1 rings (SSSR count). The maximum absolute atomic E-state index is 11.7. The van der Waals surface area contributed by atoms with Crippen molar-refractivity contribution in [1.82, 2.24) is 0 Å². The first-order chi connectivity index (χ1) is 5.59. The summed E-state index contributed by atoms with van der Waals surface area (Å²) in [5.41, 5.74) is 0.217. The lowest BCUT2D eigenvalue weighted by Gasteiger charge is -2.05. The molecule has 0 fully saturated rings. The van der Waals surface area contributed by atoms with E-state index in [9.17, 15) is 8.78 Å². The molecule has 0 saturated heterocycles. The Morgan fingerprint density at radius 1 is 1.42 bits per heavy atom. The topological polar surface area (TPSA) is 9.23 Å². The van der Waals surface area contributed by atoms with Crippen molar-refractivity contribution in [3.05, 3.63) is 23.2 Å². The summed E-state index contributed by atoms with van der Waals surface area (Å²) in [6.45, 7) is -2.84. The Morgan fingerprint density at radius 2 is 2.08 bits per heavy atom. The Labute approximate surface area is 74.7 Å². The van der Waals surface area contributed by atoms with Crippen LogP contribution in [0.5, 0.6) is 5.75 Å². The fourth-order valence-corrected chi connectivity index (χ4v) is 0.816. The first-order valence-corrected chi connectivity index (χ1v) is 3.47. The van der Waals surface area contributed by atoms with Gasteiger partial charge in [-0.1, -0.05) is 17.1 Å². The van der Waals surface area contributed by atoms with Gasteiger partial charge < -0.3 is 4.74 Å². The highest BCUT2D eigenvalue weighted by Crippen LogP contribution is 2.15. The third-order valence-electron chi connectivity index (χ3n) is 1.19. The molecule has 0 heterocycles. The van der Waals surface area contributed by atoms with E-state index in [1.807, 2.05) is 0 Å². The van der Waals surface area contributed by atoms with Gasteiger partial charge in [-0.2, -0.15) is 8.78 Å². The summed E-state index contributed by atoms with van der Waals surface area (Å²) in [7, 11) is 5.34. The van der Waals surface area contributed by atoms with Gasteiger partial charge in [-0.3, -0.25) is 0 Å². The summed E-state index contributed by atoms with van der Waals surface area (Å²) >= 11 is 5.55. The van der Waals surface area contributed by atoms with E-state index in [-0.39, 0.29) is 11.2 Å². The lowest BCUT2D eigenvalue weighted by Crippen LogP contribution is -2.07. The summed E-state index contributed by atoms with van der Waals surface area (Å²) in [5, 5.41) is 0.316. The van der Waals surface area contributed by atoms with E-state index in [4.69, 9.17) is 19.4 Å². The number of alkyl halides is 2. The zero-order valence-electron chi connectivity index (χ0n) is 5.93. The minimum absolute atomic E-state index is 0.00639. The van der Waals surface area contributed by atoms with Gasteiger partial charge >= 0.3 is 6.61 Å². The highest BCUT2D eigenvalue weighted by atomic mass is 35.5. The summed E-state index contributed by atoms with van der Waals surface area (Å²) in [6, 6.07) is 3.97. The van der Waals surface area contributed by atoms with Crippen molar-refractivity contribution in [3.8, 4) is 5.75 Å². The number of hydrogen-bond donors (Lipinski definition) is 0. The largest absolute Gasteiger partial charge is 0.435 e. The molecule has 0 atom stereocenters. The number of rotatable bonds is 2. The first kappa shape index (κ1) is 9.32. The molecule has 1 aromatic carbocycles. The van der Waals surface area contributed by atoms with E-state index in [1.165, 1.54) is 18.2 Å². The quantitative estimate of drug-likeness (QED) is 0.642. The van der Waals surface area contributed by atoms with Gasteiger partial charge in [0.15, 0.2) is 0 Å². The van der Waals surface area contributed by atoms with Crippen molar-refractivity contribution < 1.29 is 13.5 Å². The molecule has 62 valence electrons. The molecule has 0 amide bonds. The summed E-state index contributed by atoms with van der Waals surface area (Å²) < 4.78 is 27.4. The molecule has 0 saturated carbocycles. The summed E-state index contributed by atoms with van der Waals surface area (Å²) in [4.78, 5) is 0. The highest BCUT2D eigenvalue weighted by Gasteiger charge is 2.04.